The average Bonchev–Trinajstić information content (AvgIpc) is 2.77. The standard InChI is InChI=1S/C22H19F3N2O4S/c1-3-13-4-7-15(8-5-13)27-32(29,30)21-10-14(6-9-20(21)31-2)22(28)26-19-12-17(24)16(23)11-18(19)25/h4-12,27H,3H2,1-2H3,(H,26,28). The average molecular weight is 464 g/mol. The summed E-state index contributed by atoms with van der Waals surface area (Å²) >= 11 is 0. The van der Waals surface area contributed by atoms with E-state index >= 15 is 0 Å². The molecule has 3 rings (SSSR count). The number of carbonyl (C=O) groups excluding carboxylic acids is 1. The highest BCUT2D eigenvalue weighted by atomic mass is 32.2. The number of ether oxygens (including phenoxy) is 1. The van der Waals surface area contributed by atoms with Gasteiger partial charge in [0.2, 0.25) is 0 Å². The lowest BCUT2D eigenvalue weighted by atomic mass is 10.2. The van der Waals surface area contributed by atoms with Gasteiger partial charge in [-0.3, -0.25) is 9.52 Å². The number of methoxy groups -OCH3 is 1. The van der Waals surface area contributed by atoms with Crippen LogP contribution in [-0.2, 0) is 16.4 Å². The number of benzene rings is 3. The predicted octanol–water partition coefficient (Wildman–Crippen LogP) is 4.73. The third kappa shape index (κ3) is 5.02. The van der Waals surface area contributed by atoms with Crippen LogP contribution in [-0.4, -0.2) is 21.4 Å². The number of rotatable bonds is 7. The van der Waals surface area contributed by atoms with Gasteiger partial charge in [0.15, 0.2) is 11.6 Å². The number of hydrogen-bond acceptors (Lipinski definition) is 4. The molecule has 0 fully saturated rings. The minimum atomic E-state index is -4.16. The maximum Gasteiger partial charge on any atom is 0.265 e. The number of hydrogen-bond donors (Lipinski definition) is 2. The van der Waals surface area contributed by atoms with Gasteiger partial charge in [-0.2, -0.15) is 0 Å². The number of halogens is 3. The fraction of sp³-hybridized carbons (Fsp3) is 0.136. The molecule has 0 heterocycles. The second kappa shape index (κ2) is 9.31. The highest BCUT2D eigenvalue weighted by Crippen LogP contribution is 2.28. The molecule has 0 saturated carbocycles. The molecule has 3 aromatic rings. The Kier molecular flexibility index (Phi) is 6.73. The molecule has 0 atom stereocenters. The summed E-state index contributed by atoms with van der Waals surface area (Å²) < 4.78 is 73.7. The summed E-state index contributed by atoms with van der Waals surface area (Å²) in [5.41, 5.74) is 0.566. The third-order valence-corrected chi connectivity index (χ3v) is 5.99. The minimum absolute atomic E-state index is 0.0294. The fourth-order valence-corrected chi connectivity index (χ4v) is 4.11. The molecular weight excluding hydrogens is 445 g/mol. The first kappa shape index (κ1) is 23.1. The first-order valence-corrected chi connectivity index (χ1v) is 10.9. The van der Waals surface area contributed by atoms with Crippen molar-refractivity contribution in [2.75, 3.05) is 17.1 Å². The largest absolute Gasteiger partial charge is 0.495 e. The van der Waals surface area contributed by atoms with E-state index in [4.69, 9.17) is 4.74 Å². The van der Waals surface area contributed by atoms with E-state index in [2.05, 4.69) is 10.0 Å². The summed E-state index contributed by atoms with van der Waals surface area (Å²) in [5, 5.41) is 2.10. The van der Waals surface area contributed by atoms with Crippen molar-refractivity contribution in [3.63, 3.8) is 0 Å². The lowest BCUT2D eigenvalue weighted by Gasteiger charge is -2.14. The lowest BCUT2D eigenvalue weighted by molar-refractivity contribution is 0.102. The Balaban J connectivity index is 1.92. The van der Waals surface area contributed by atoms with Crippen molar-refractivity contribution in [1.29, 1.82) is 0 Å². The number of carbonyl (C=O) groups is 1. The zero-order chi connectivity index (χ0) is 23.5. The van der Waals surface area contributed by atoms with Gasteiger partial charge in [0.1, 0.15) is 16.5 Å². The number of sulfonamides is 1. The molecule has 10 heteroatoms. The molecule has 0 aliphatic heterocycles. The summed E-state index contributed by atoms with van der Waals surface area (Å²) in [6, 6.07) is 11.1. The molecule has 2 N–H and O–H groups in total. The van der Waals surface area contributed by atoms with Crippen LogP contribution >= 0.6 is 0 Å². The smallest absolute Gasteiger partial charge is 0.265 e. The summed E-state index contributed by atoms with van der Waals surface area (Å²) in [5.74, 6) is -4.90. The van der Waals surface area contributed by atoms with Crippen LogP contribution in [0.4, 0.5) is 24.5 Å². The van der Waals surface area contributed by atoms with Crippen LogP contribution < -0.4 is 14.8 Å². The molecule has 0 aromatic heterocycles. The molecule has 0 aliphatic rings. The van der Waals surface area contributed by atoms with Crippen LogP contribution in [0.1, 0.15) is 22.8 Å². The molecule has 6 nitrogen and oxygen atoms in total. The van der Waals surface area contributed by atoms with Crippen LogP contribution in [0, 0.1) is 17.5 Å². The molecule has 3 aromatic carbocycles. The Hall–Kier alpha value is -3.53. The summed E-state index contributed by atoms with van der Waals surface area (Å²) in [6.07, 6.45) is 0.788. The van der Waals surface area contributed by atoms with Crippen LogP contribution in [0.2, 0.25) is 0 Å². The summed E-state index contributed by atoms with van der Waals surface area (Å²) in [4.78, 5) is 12.2. The van der Waals surface area contributed by atoms with Crippen molar-refractivity contribution in [2.45, 2.75) is 18.2 Å². The van der Waals surface area contributed by atoms with Crippen molar-refractivity contribution < 1.29 is 31.1 Å². The van der Waals surface area contributed by atoms with Crippen LogP contribution in [0.5, 0.6) is 5.75 Å². The van der Waals surface area contributed by atoms with E-state index in [0.29, 0.717) is 17.8 Å². The monoisotopic (exact) mass is 464 g/mol. The van der Waals surface area contributed by atoms with E-state index in [1.165, 1.54) is 19.2 Å². The van der Waals surface area contributed by atoms with Crippen molar-refractivity contribution >= 4 is 27.3 Å². The van der Waals surface area contributed by atoms with Gasteiger partial charge in [-0.15, -0.1) is 0 Å². The van der Waals surface area contributed by atoms with Gasteiger partial charge in [-0.05, 0) is 42.3 Å². The van der Waals surface area contributed by atoms with Gasteiger partial charge in [0, 0.05) is 23.4 Å². The molecule has 0 unspecified atom stereocenters. The quantitative estimate of drug-likeness (QED) is 0.495. The molecule has 0 aliphatic carbocycles. The second-order valence-electron chi connectivity index (χ2n) is 6.72. The number of nitrogens with one attached hydrogen (secondary N) is 2. The van der Waals surface area contributed by atoms with Gasteiger partial charge in [0.05, 0.1) is 12.8 Å². The van der Waals surface area contributed by atoms with Crippen molar-refractivity contribution in [1.82, 2.24) is 0 Å². The first-order valence-electron chi connectivity index (χ1n) is 9.40. The lowest BCUT2D eigenvalue weighted by Crippen LogP contribution is -2.17. The predicted molar refractivity (Wildman–Crippen MR) is 114 cm³/mol. The molecular formula is C22H19F3N2O4S. The molecule has 1 amide bonds. The van der Waals surface area contributed by atoms with Gasteiger partial charge in [-0.1, -0.05) is 19.1 Å². The molecule has 0 saturated heterocycles. The molecule has 168 valence electrons. The molecule has 0 spiro atoms. The minimum Gasteiger partial charge on any atom is -0.495 e. The van der Waals surface area contributed by atoms with E-state index in [0.717, 1.165) is 18.1 Å². The van der Waals surface area contributed by atoms with Gasteiger partial charge in [-0.25, -0.2) is 21.6 Å². The zero-order valence-corrected chi connectivity index (χ0v) is 17.9. The Morgan fingerprint density at radius 1 is 0.938 bits per heavy atom. The highest BCUT2D eigenvalue weighted by molar-refractivity contribution is 7.92. The third-order valence-electron chi connectivity index (χ3n) is 4.59. The number of anilines is 2. The van der Waals surface area contributed by atoms with Crippen molar-refractivity contribution in [2.24, 2.45) is 0 Å². The Bertz CT molecular complexity index is 1260. The number of aryl methyl sites for hydroxylation is 1. The van der Waals surface area contributed by atoms with E-state index in [1.807, 2.05) is 6.92 Å². The summed E-state index contributed by atoms with van der Waals surface area (Å²) in [7, 11) is -2.90. The van der Waals surface area contributed by atoms with E-state index in [1.54, 1.807) is 24.3 Å². The van der Waals surface area contributed by atoms with Gasteiger partial charge < -0.3 is 10.1 Å². The van der Waals surface area contributed by atoms with Crippen LogP contribution in [0.25, 0.3) is 0 Å². The molecule has 0 bridgehead atoms. The van der Waals surface area contributed by atoms with Gasteiger partial charge >= 0.3 is 0 Å². The Morgan fingerprint density at radius 2 is 1.59 bits per heavy atom. The topological polar surface area (TPSA) is 84.5 Å². The summed E-state index contributed by atoms with van der Waals surface area (Å²) in [6.45, 7) is 1.97. The normalized spacial score (nSPS) is 11.2. The first-order chi connectivity index (χ1) is 15.1. The molecule has 0 radical (unpaired) electrons. The van der Waals surface area contributed by atoms with Crippen molar-refractivity contribution in [3.8, 4) is 5.75 Å². The Labute approximate surface area is 183 Å². The van der Waals surface area contributed by atoms with E-state index < -0.39 is 39.1 Å². The zero-order valence-electron chi connectivity index (χ0n) is 17.1. The van der Waals surface area contributed by atoms with E-state index in [-0.39, 0.29) is 16.2 Å². The van der Waals surface area contributed by atoms with E-state index in [9.17, 15) is 26.4 Å². The van der Waals surface area contributed by atoms with Crippen LogP contribution in [0.15, 0.2) is 59.5 Å². The fourth-order valence-electron chi connectivity index (χ4n) is 2.86. The van der Waals surface area contributed by atoms with Gasteiger partial charge in [0.25, 0.3) is 15.9 Å². The number of amides is 1. The Morgan fingerprint density at radius 3 is 2.22 bits per heavy atom. The SMILES string of the molecule is CCc1ccc(NS(=O)(=O)c2cc(C(=O)Nc3cc(F)c(F)cc3F)ccc2OC)cc1. The molecule has 32 heavy (non-hydrogen) atoms. The maximum absolute atomic E-state index is 13.8. The van der Waals surface area contributed by atoms with Crippen molar-refractivity contribution in [3.05, 3.63) is 83.2 Å². The highest BCUT2D eigenvalue weighted by Gasteiger charge is 2.23. The second-order valence-corrected chi connectivity index (χ2v) is 8.37. The van der Waals surface area contributed by atoms with Crippen LogP contribution in [0.3, 0.4) is 0 Å². The maximum atomic E-state index is 13.8.